The molecule has 0 spiro atoms. The van der Waals surface area contributed by atoms with Crippen molar-refractivity contribution in [3.05, 3.63) is 145 Å². The molecule has 4 heteroatoms. The number of nitrogens with zero attached hydrogens (tertiary/aromatic N) is 4. The number of fused-ring (bicyclic) bond motifs is 5. The smallest absolute Gasteiger partial charge is 0.183 e. The molecule has 0 amide bonds. The van der Waals surface area contributed by atoms with Gasteiger partial charge in [0, 0.05) is 27.5 Å². The Labute approximate surface area is 250 Å². The minimum atomic E-state index is -0.170. The summed E-state index contributed by atoms with van der Waals surface area (Å²) in [4.78, 5) is 20.5. The van der Waals surface area contributed by atoms with E-state index in [1.54, 1.807) is 0 Å². The van der Waals surface area contributed by atoms with Gasteiger partial charge < -0.3 is 0 Å². The number of aromatic nitrogens is 4. The lowest BCUT2D eigenvalue weighted by molar-refractivity contribution is 0.665. The molecule has 8 rings (SSSR count). The molecule has 4 nitrogen and oxygen atoms in total. The Bertz CT molecular complexity index is 2130. The fourth-order valence-electron chi connectivity index (χ4n) is 6.40. The second-order valence-electron chi connectivity index (χ2n) is 11.5. The maximum Gasteiger partial charge on any atom is 0.183 e. The first-order chi connectivity index (χ1) is 21.1. The Kier molecular flexibility index (Phi) is 5.76. The summed E-state index contributed by atoms with van der Waals surface area (Å²) in [6, 6.07) is 46.0. The summed E-state index contributed by atoms with van der Waals surface area (Å²) < 4.78 is 0. The number of benzene rings is 5. The molecule has 204 valence electrons. The van der Waals surface area contributed by atoms with E-state index in [0.717, 1.165) is 33.5 Å². The minimum absolute atomic E-state index is 0.170. The van der Waals surface area contributed by atoms with E-state index < -0.39 is 0 Å². The van der Waals surface area contributed by atoms with Crippen LogP contribution in [-0.2, 0) is 5.41 Å². The van der Waals surface area contributed by atoms with Gasteiger partial charge in [0.05, 0.1) is 5.69 Å². The number of hydrogen-bond donors (Lipinski definition) is 0. The predicted octanol–water partition coefficient (Wildman–Crippen LogP) is 9.39. The van der Waals surface area contributed by atoms with E-state index >= 15 is 0 Å². The van der Waals surface area contributed by atoms with Crippen LogP contribution in [0.2, 0.25) is 0 Å². The Morgan fingerprint density at radius 3 is 1.58 bits per heavy atom. The lowest BCUT2D eigenvalue weighted by atomic mass is 9.80. The van der Waals surface area contributed by atoms with Gasteiger partial charge in [0.15, 0.2) is 17.5 Å². The molecule has 1 aliphatic rings. The highest BCUT2D eigenvalue weighted by Crippen LogP contribution is 2.51. The summed E-state index contributed by atoms with van der Waals surface area (Å²) in [5, 5.41) is 2.22. The average Bonchev–Trinajstić information content (AvgIpc) is 3.31. The largest absolute Gasteiger partial charge is 0.243 e. The van der Waals surface area contributed by atoms with Gasteiger partial charge in [0.2, 0.25) is 0 Å². The summed E-state index contributed by atoms with van der Waals surface area (Å²) >= 11 is 0. The quantitative estimate of drug-likeness (QED) is 0.218. The lowest BCUT2D eigenvalue weighted by Gasteiger charge is -2.23. The SMILES string of the molecule is CC1(C)c2ccccc2-c2nc(-c3nc(-c4ccccc4)nc(-c4ccc(-c5ccccc5)cc4)n3)c3ccccc3c21. The van der Waals surface area contributed by atoms with E-state index in [1.807, 2.05) is 36.4 Å². The molecule has 2 aromatic heterocycles. The van der Waals surface area contributed by atoms with Crippen molar-refractivity contribution in [3.63, 3.8) is 0 Å². The molecule has 0 N–H and O–H groups in total. The fraction of sp³-hybridized carbons (Fsp3) is 0.0769. The van der Waals surface area contributed by atoms with Gasteiger partial charge in [-0.05, 0) is 27.6 Å². The van der Waals surface area contributed by atoms with Crippen LogP contribution in [0.15, 0.2) is 133 Å². The number of hydrogen-bond acceptors (Lipinski definition) is 4. The van der Waals surface area contributed by atoms with E-state index in [4.69, 9.17) is 19.9 Å². The van der Waals surface area contributed by atoms with Gasteiger partial charge in [0.1, 0.15) is 5.69 Å². The van der Waals surface area contributed by atoms with Crippen LogP contribution in [0.3, 0.4) is 0 Å². The molecule has 7 aromatic rings. The number of pyridine rings is 1. The molecule has 43 heavy (non-hydrogen) atoms. The topological polar surface area (TPSA) is 51.6 Å². The van der Waals surface area contributed by atoms with Crippen molar-refractivity contribution >= 4 is 10.8 Å². The highest BCUT2D eigenvalue weighted by atomic mass is 15.0. The average molecular weight is 553 g/mol. The molecular formula is C39H28N4. The summed E-state index contributed by atoms with van der Waals surface area (Å²) in [5.41, 5.74) is 9.50. The molecule has 0 unspecified atom stereocenters. The predicted molar refractivity (Wildman–Crippen MR) is 174 cm³/mol. The van der Waals surface area contributed by atoms with Gasteiger partial charge in [-0.3, -0.25) is 0 Å². The van der Waals surface area contributed by atoms with Crippen LogP contribution in [-0.4, -0.2) is 19.9 Å². The van der Waals surface area contributed by atoms with E-state index in [0.29, 0.717) is 17.5 Å². The van der Waals surface area contributed by atoms with E-state index in [1.165, 1.54) is 27.6 Å². The van der Waals surface area contributed by atoms with Crippen molar-refractivity contribution in [2.75, 3.05) is 0 Å². The zero-order valence-corrected chi connectivity index (χ0v) is 24.0. The van der Waals surface area contributed by atoms with Gasteiger partial charge in [-0.25, -0.2) is 19.9 Å². The molecule has 0 saturated carbocycles. The first-order valence-corrected chi connectivity index (χ1v) is 14.6. The molecular weight excluding hydrogens is 524 g/mol. The standard InChI is InChI=1S/C39H28N4/c1-39(2)32-20-12-11-19-31(32)34-33(39)29-17-9-10-18-30(29)35(40-34)38-42-36(27-15-7-4-8-16-27)41-37(43-38)28-23-21-26(22-24-28)25-13-5-3-6-14-25/h3-24H,1-2H3. The minimum Gasteiger partial charge on any atom is -0.243 e. The fourth-order valence-corrected chi connectivity index (χ4v) is 6.40. The van der Waals surface area contributed by atoms with Gasteiger partial charge >= 0.3 is 0 Å². The van der Waals surface area contributed by atoms with Crippen molar-refractivity contribution < 1.29 is 0 Å². The molecule has 2 heterocycles. The Balaban J connectivity index is 1.36. The second-order valence-corrected chi connectivity index (χ2v) is 11.5. The summed E-state index contributed by atoms with van der Waals surface area (Å²) in [6.45, 7) is 4.58. The normalized spacial score (nSPS) is 13.1. The van der Waals surface area contributed by atoms with Crippen molar-refractivity contribution in [2.24, 2.45) is 0 Å². The van der Waals surface area contributed by atoms with E-state index in [-0.39, 0.29) is 5.41 Å². The van der Waals surface area contributed by atoms with Gasteiger partial charge in [-0.2, -0.15) is 0 Å². The Morgan fingerprint density at radius 1 is 0.395 bits per heavy atom. The maximum atomic E-state index is 5.36. The Morgan fingerprint density at radius 2 is 0.884 bits per heavy atom. The zero-order valence-electron chi connectivity index (χ0n) is 24.0. The van der Waals surface area contributed by atoms with E-state index in [9.17, 15) is 0 Å². The monoisotopic (exact) mass is 552 g/mol. The first-order valence-electron chi connectivity index (χ1n) is 14.6. The van der Waals surface area contributed by atoms with Crippen LogP contribution in [0.5, 0.6) is 0 Å². The van der Waals surface area contributed by atoms with Crippen LogP contribution in [0.4, 0.5) is 0 Å². The van der Waals surface area contributed by atoms with Crippen molar-refractivity contribution in [3.8, 4) is 56.7 Å². The van der Waals surface area contributed by atoms with Crippen molar-refractivity contribution in [2.45, 2.75) is 19.3 Å². The molecule has 0 saturated heterocycles. The molecule has 0 fully saturated rings. The number of rotatable bonds is 4. The Hall–Kier alpha value is -5.48. The van der Waals surface area contributed by atoms with Crippen LogP contribution in [0, 0.1) is 0 Å². The van der Waals surface area contributed by atoms with Crippen molar-refractivity contribution in [1.82, 2.24) is 19.9 Å². The van der Waals surface area contributed by atoms with Gasteiger partial charge in [-0.1, -0.05) is 147 Å². The zero-order chi connectivity index (χ0) is 29.0. The second kappa shape index (κ2) is 9.81. The van der Waals surface area contributed by atoms with Gasteiger partial charge in [0.25, 0.3) is 0 Å². The molecule has 0 atom stereocenters. The third kappa shape index (κ3) is 4.14. The summed E-state index contributed by atoms with van der Waals surface area (Å²) in [6.07, 6.45) is 0. The summed E-state index contributed by atoms with van der Waals surface area (Å²) in [7, 11) is 0. The van der Waals surface area contributed by atoms with Crippen LogP contribution < -0.4 is 0 Å². The highest BCUT2D eigenvalue weighted by molar-refractivity contribution is 6.02. The molecule has 0 radical (unpaired) electrons. The summed E-state index contributed by atoms with van der Waals surface area (Å²) in [5.74, 6) is 1.81. The van der Waals surface area contributed by atoms with Crippen LogP contribution in [0.1, 0.15) is 25.0 Å². The molecule has 0 bridgehead atoms. The first kappa shape index (κ1) is 25.2. The van der Waals surface area contributed by atoms with Crippen LogP contribution in [0.25, 0.3) is 67.5 Å². The van der Waals surface area contributed by atoms with E-state index in [2.05, 4.69) is 111 Å². The molecule has 0 aliphatic heterocycles. The van der Waals surface area contributed by atoms with Crippen LogP contribution >= 0.6 is 0 Å². The maximum absolute atomic E-state index is 5.36. The third-order valence-electron chi connectivity index (χ3n) is 8.52. The van der Waals surface area contributed by atoms with Crippen molar-refractivity contribution in [1.29, 1.82) is 0 Å². The molecule has 1 aliphatic carbocycles. The highest BCUT2D eigenvalue weighted by Gasteiger charge is 2.38. The molecule has 5 aromatic carbocycles. The lowest BCUT2D eigenvalue weighted by Crippen LogP contribution is -2.16. The third-order valence-corrected chi connectivity index (χ3v) is 8.52. The van der Waals surface area contributed by atoms with Gasteiger partial charge in [-0.15, -0.1) is 0 Å².